The van der Waals surface area contributed by atoms with Crippen LogP contribution in [-0.4, -0.2) is 54.1 Å². The Labute approximate surface area is 135 Å². The Bertz CT molecular complexity index is 445. The van der Waals surface area contributed by atoms with E-state index in [0.717, 1.165) is 36.2 Å². The SMILES string of the molecule is CN(C)CCNC1CCC(Nc2nc(N)ncc2Br)CC1. The first-order valence-electron chi connectivity index (χ1n) is 7.47. The molecule has 1 heterocycles. The zero-order valence-corrected chi connectivity index (χ0v) is 14.4. The summed E-state index contributed by atoms with van der Waals surface area (Å²) in [5.74, 6) is 1.10. The van der Waals surface area contributed by atoms with Gasteiger partial charge in [0.25, 0.3) is 0 Å². The number of nitrogens with two attached hydrogens (primary N) is 1. The van der Waals surface area contributed by atoms with E-state index in [2.05, 4.69) is 55.5 Å². The molecule has 1 aliphatic carbocycles. The van der Waals surface area contributed by atoms with E-state index in [9.17, 15) is 0 Å². The molecule has 1 fully saturated rings. The Hall–Kier alpha value is -0.920. The van der Waals surface area contributed by atoms with Crippen LogP contribution in [0.4, 0.5) is 11.8 Å². The zero-order valence-electron chi connectivity index (χ0n) is 12.8. The predicted molar refractivity (Wildman–Crippen MR) is 90.4 cm³/mol. The third kappa shape index (κ3) is 5.41. The maximum atomic E-state index is 5.64. The highest BCUT2D eigenvalue weighted by atomic mass is 79.9. The first kappa shape index (κ1) is 16.5. The van der Waals surface area contributed by atoms with Crippen LogP contribution in [-0.2, 0) is 0 Å². The molecule has 1 aromatic heterocycles. The molecule has 21 heavy (non-hydrogen) atoms. The highest BCUT2D eigenvalue weighted by Gasteiger charge is 2.21. The highest BCUT2D eigenvalue weighted by Crippen LogP contribution is 2.25. The van der Waals surface area contributed by atoms with Gasteiger partial charge < -0.3 is 21.3 Å². The minimum atomic E-state index is 0.305. The van der Waals surface area contributed by atoms with Gasteiger partial charge in [0.1, 0.15) is 5.82 Å². The van der Waals surface area contributed by atoms with Gasteiger partial charge in [-0.05, 0) is 55.7 Å². The van der Waals surface area contributed by atoms with Gasteiger partial charge in [-0.1, -0.05) is 0 Å². The Kier molecular flexibility index (Phi) is 6.20. The molecule has 4 N–H and O–H groups in total. The molecule has 1 aliphatic rings. The smallest absolute Gasteiger partial charge is 0.221 e. The third-order valence-corrected chi connectivity index (χ3v) is 4.40. The van der Waals surface area contributed by atoms with E-state index in [4.69, 9.17) is 5.73 Å². The molecule has 7 heteroatoms. The van der Waals surface area contributed by atoms with Crippen molar-refractivity contribution in [3.63, 3.8) is 0 Å². The molecule has 2 rings (SSSR count). The molecule has 0 amide bonds. The monoisotopic (exact) mass is 356 g/mol. The van der Waals surface area contributed by atoms with Crippen LogP contribution < -0.4 is 16.4 Å². The molecule has 0 aliphatic heterocycles. The van der Waals surface area contributed by atoms with Gasteiger partial charge in [0, 0.05) is 31.4 Å². The molecule has 118 valence electrons. The molecule has 0 unspecified atom stereocenters. The van der Waals surface area contributed by atoms with Crippen LogP contribution in [0, 0.1) is 0 Å². The fourth-order valence-electron chi connectivity index (χ4n) is 2.61. The third-order valence-electron chi connectivity index (χ3n) is 3.82. The molecule has 6 nitrogen and oxygen atoms in total. The molecular weight excluding hydrogens is 332 g/mol. The summed E-state index contributed by atoms with van der Waals surface area (Å²) in [5, 5.41) is 7.10. The Balaban J connectivity index is 1.75. The summed E-state index contributed by atoms with van der Waals surface area (Å²) < 4.78 is 0.864. The summed E-state index contributed by atoms with van der Waals surface area (Å²) in [4.78, 5) is 10.4. The quantitative estimate of drug-likeness (QED) is 0.719. The molecule has 0 atom stereocenters. The molecule has 0 aromatic carbocycles. The van der Waals surface area contributed by atoms with Crippen molar-refractivity contribution < 1.29 is 0 Å². The van der Waals surface area contributed by atoms with Crippen molar-refractivity contribution >= 4 is 27.7 Å². The molecule has 1 aromatic rings. The number of rotatable bonds is 6. The number of aromatic nitrogens is 2. The molecular formula is C14H25BrN6. The van der Waals surface area contributed by atoms with Gasteiger partial charge in [-0.2, -0.15) is 4.98 Å². The number of hydrogen-bond acceptors (Lipinski definition) is 6. The van der Waals surface area contributed by atoms with Crippen LogP contribution in [0.1, 0.15) is 25.7 Å². The van der Waals surface area contributed by atoms with Crippen molar-refractivity contribution in [2.75, 3.05) is 38.2 Å². The van der Waals surface area contributed by atoms with Gasteiger partial charge >= 0.3 is 0 Å². The van der Waals surface area contributed by atoms with E-state index in [0.29, 0.717) is 18.0 Å². The second-order valence-corrected chi connectivity index (χ2v) is 6.73. The van der Waals surface area contributed by atoms with E-state index in [1.165, 1.54) is 12.8 Å². The van der Waals surface area contributed by atoms with E-state index in [1.54, 1.807) is 6.20 Å². The molecule has 0 spiro atoms. The summed E-state index contributed by atoms with van der Waals surface area (Å²) in [7, 11) is 4.21. The Morgan fingerprint density at radius 3 is 2.62 bits per heavy atom. The molecule has 0 saturated heterocycles. The lowest BCUT2D eigenvalue weighted by atomic mass is 9.91. The average Bonchev–Trinajstić information content (AvgIpc) is 2.44. The van der Waals surface area contributed by atoms with E-state index in [1.807, 2.05) is 0 Å². The second-order valence-electron chi connectivity index (χ2n) is 5.88. The summed E-state index contributed by atoms with van der Waals surface area (Å²) in [6, 6.07) is 1.10. The van der Waals surface area contributed by atoms with Gasteiger partial charge in [-0.15, -0.1) is 0 Å². The largest absolute Gasteiger partial charge is 0.368 e. The van der Waals surface area contributed by atoms with Gasteiger partial charge in [0.05, 0.1) is 4.47 Å². The highest BCUT2D eigenvalue weighted by molar-refractivity contribution is 9.10. The molecule has 0 bridgehead atoms. The Morgan fingerprint density at radius 1 is 1.29 bits per heavy atom. The van der Waals surface area contributed by atoms with Crippen LogP contribution >= 0.6 is 15.9 Å². The maximum Gasteiger partial charge on any atom is 0.221 e. The lowest BCUT2D eigenvalue weighted by Gasteiger charge is -2.30. The average molecular weight is 357 g/mol. The first-order valence-corrected chi connectivity index (χ1v) is 8.26. The van der Waals surface area contributed by atoms with E-state index in [-0.39, 0.29) is 0 Å². The maximum absolute atomic E-state index is 5.64. The standard InChI is InChI=1S/C14H25BrN6/c1-21(2)8-7-17-10-3-5-11(6-4-10)19-13-12(15)9-18-14(16)20-13/h9-11,17H,3-8H2,1-2H3,(H3,16,18,19,20). The summed E-state index contributed by atoms with van der Waals surface area (Å²) in [5.41, 5.74) is 5.64. The number of nitrogens with zero attached hydrogens (tertiary/aromatic N) is 3. The van der Waals surface area contributed by atoms with Gasteiger partial charge in [-0.25, -0.2) is 4.98 Å². The number of anilines is 2. The predicted octanol–water partition coefficient (Wildman–Crippen LogP) is 1.70. The van der Waals surface area contributed by atoms with Gasteiger partial charge in [0.2, 0.25) is 5.95 Å². The number of likely N-dealkylation sites (N-methyl/N-ethyl adjacent to an activating group) is 1. The van der Waals surface area contributed by atoms with Crippen molar-refractivity contribution in [1.82, 2.24) is 20.2 Å². The van der Waals surface area contributed by atoms with Crippen molar-refractivity contribution in [3.05, 3.63) is 10.7 Å². The minimum absolute atomic E-state index is 0.305. The van der Waals surface area contributed by atoms with Crippen molar-refractivity contribution in [3.8, 4) is 0 Å². The minimum Gasteiger partial charge on any atom is -0.368 e. The molecule has 0 radical (unpaired) electrons. The summed E-state index contributed by atoms with van der Waals surface area (Å²) in [6.45, 7) is 2.15. The van der Waals surface area contributed by atoms with Crippen molar-refractivity contribution in [1.29, 1.82) is 0 Å². The number of nitrogens with one attached hydrogen (secondary N) is 2. The van der Waals surface area contributed by atoms with Gasteiger partial charge in [-0.3, -0.25) is 0 Å². The first-order chi connectivity index (χ1) is 10.0. The summed E-state index contributed by atoms with van der Waals surface area (Å²) >= 11 is 3.46. The molecule has 1 saturated carbocycles. The fourth-order valence-corrected chi connectivity index (χ4v) is 2.91. The van der Waals surface area contributed by atoms with Crippen LogP contribution in [0.2, 0.25) is 0 Å². The van der Waals surface area contributed by atoms with Crippen molar-refractivity contribution in [2.45, 2.75) is 37.8 Å². The van der Waals surface area contributed by atoms with Gasteiger partial charge in [0.15, 0.2) is 0 Å². The number of hydrogen-bond donors (Lipinski definition) is 3. The fraction of sp³-hybridized carbons (Fsp3) is 0.714. The number of nitrogen functional groups attached to an aromatic ring is 1. The van der Waals surface area contributed by atoms with Crippen LogP contribution in [0.25, 0.3) is 0 Å². The lowest BCUT2D eigenvalue weighted by molar-refractivity contribution is 0.328. The van der Waals surface area contributed by atoms with Crippen LogP contribution in [0.3, 0.4) is 0 Å². The van der Waals surface area contributed by atoms with E-state index < -0.39 is 0 Å². The van der Waals surface area contributed by atoms with E-state index >= 15 is 0 Å². The Morgan fingerprint density at radius 2 is 1.95 bits per heavy atom. The lowest BCUT2D eigenvalue weighted by Crippen LogP contribution is -2.39. The van der Waals surface area contributed by atoms with Crippen LogP contribution in [0.5, 0.6) is 0 Å². The number of halogens is 1. The van der Waals surface area contributed by atoms with Crippen molar-refractivity contribution in [2.24, 2.45) is 0 Å². The summed E-state index contributed by atoms with van der Waals surface area (Å²) in [6.07, 6.45) is 6.39. The zero-order chi connectivity index (χ0) is 15.2. The normalized spacial score (nSPS) is 22.5. The topological polar surface area (TPSA) is 79.1 Å². The van der Waals surface area contributed by atoms with Crippen LogP contribution in [0.15, 0.2) is 10.7 Å². The second kappa shape index (κ2) is 7.91.